The van der Waals surface area contributed by atoms with E-state index in [1.807, 2.05) is 0 Å². The van der Waals surface area contributed by atoms with Crippen LogP contribution in [-0.2, 0) is 30.4 Å². The monoisotopic (exact) mass is 436 g/mol. The van der Waals surface area contributed by atoms with Crippen LogP contribution in [0.3, 0.4) is 0 Å². The van der Waals surface area contributed by atoms with Gasteiger partial charge in [0.2, 0.25) is 17.7 Å². The largest absolute Gasteiger partial charge is 0.481 e. The summed E-state index contributed by atoms with van der Waals surface area (Å²) in [6, 6.07) is 4.30. The maximum Gasteiger partial charge on any atom is 0.326 e. The lowest BCUT2D eigenvalue weighted by molar-refractivity contribution is -0.143. The van der Waals surface area contributed by atoms with Crippen molar-refractivity contribution in [1.29, 1.82) is 0 Å². The summed E-state index contributed by atoms with van der Waals surface area (Å²) in [6.07, 6.45) is -0.714. The summed E-state index contributed by atoms with van der Waals surface area (Å²) in [5, 5.41) is 25.2. The zero-order valence-corrected chi connectivity index (χ0v) is 17.3. The molecule has 170 valence electrons. The summed E-state index contributed by atoms with van der Waals surface area (Å²) in [4.78, 5) is 59.1. The molecule has 0 aliphatic heterocycles. The SMILES string of the molecule is CC(N)C(=O)NC(C)C(=O)NC(Cc1ccccc1)C(=O)NC(CCC(=O)O)C(=O)O. The molecule has 11 heteroatoms. The van der Waals surface area contributed by atoms with E-state index < -0.39 is 60.2 Å². The molecule has 0 aromatic heterocycles. The number of benzene rings is 1. The standard InChI is InChI=1S/C20H28N4O7/c1-11(21)17(27)22-12(2)18(28)24-15(10-13-6-4-3-5-7-13)19(29)23-14(20(30)31)8-9-16(25)26/h3-7,11-12,14-15H,8-10,21H2,1-2H3,(H,22,27)(H,23,29)(H,24,28)(H,25,26)(H,30,31). The average molecular weight is 436 g/mol. The van der Waals surface area contributed by atoms with Gasteiger partial charge in [0.05, 0.1) is 6.04 Å². The van der Waals surface area contributed by atoms with E-state index in [9.17, 15) is 29.1 Å². The average Bonchev–Trinajstić information content (AvgIpc) is 2.70. The van der Waals surface area contributed by atoms with Crippen molar-refractivity contribution in [2.24, 2.45) is 5.73 Å². The minimum Gasteiger partial charge on any atom is -0.481 e. The molecule has 0 bridgehead atoms. The van der Waals surface area contributed by atoms with Gasteiger partial charge in [-0.3, -0.25) is 19.2 Å². The van der Waals surface area contributed by atoms with Gasteiger partial charge in [0.25, 0.3) is 0 Å². The Labute approximate surface area is 179 Å². The van der Waals surface area contributed by atoms with E-state index in [1.165, 1.54) is 13.8 Å². The van der Waals surface area contributed by atoms with E-state index in [2.05, 4.69) is 16.0 Å². The molecule has 1 aromatic rings. The number of nitrogens with one attached hydrogen (secondary N) is 3. The number of amides is 3. The van der Waals surface area contributed by atoms with Crippen LogP contribution in [0, 0.1) is 0 Å². The van der Waals surface area contributed by atoms with Gasteiger partial charge in [-0.1, -0.05) is 30.3 Å². The maximum absolute atomic E-state index is 12.8. The van der Waals surface area contributed by atoms with Crippen molar-refractivity contribution < 1.29 is 34.2 Å². The summed E-state index contributed by atoms with van der Waals surface area (Å²) >= 11 is 0. The Morgan fingerprint density at radius 3 is 1.97 bits per heavy atom. The highest BCUT2D eigenvalue weighted by Crippen LogP contribution is 2.06. The molecule has 0 radical (unpaired) electrons. The fourth-order valence-corrected chi connectivity index (χ4v) is 2.56. The number of hydrogen-bond acceptors (Lipinski definition) is 6. The normalized spacial score (nSPS) is 14.4. The Hall–Kier alpha value is -3.47. The fraction of sp³-hybridized carbons (Fsp3) is 0.450. The van der Waals surface area contributed by atoms with Crippen molar-refractivity contribution in [3.8, 4) is 0 Å². The van der Waals surface area contributed by atoms with Crippen LogP contribution in [0.15, 0.2) is 30.3 Å². The lowest BCUT2D eigenvalue weighted by Crippen LogP contribution is -2.56. The van der Waals surface area contributed by atoms with Crippen LogP contribution in [0.1, 0.15) is 32.3 Å². The topological polar surface area (TPSA) is 188 Å². The highest BCUT2D eigenvalue weighted by atomic mass is 16.4. The number of carbonyl (C=O) groups excluding carboxylic acids is 3. The van der Waals surface area contributed by atoms with Crippen molar-refractivity contribution in [3.63, 3.8) is 0 Å². The molecule has 0 saturated carbocycles. The fourth-order valence-electron chi connectivity index (χ4n) is 2.56. The van der Waals surface area contributed by atoms with Gasteiger partial charge in [0.1, 0.15) is 18.1 Å². The van der Waals surface area contributed by atoms with Crippen LogP contribution in [0.25, 0.3) is 0 Å². The van der Waals surface area contributed by atoms with Crippen molar-refractivity contribution in [2.45, 2.75) is 57.3 Å². The second kappa shape index (κ2) is 12.3. The molecule has 0 aliphatic carbocycles. The number of rotatable bonds is 12. The molecule has 0 fully saturated rings. The van der Waals surface area contributed by atoms with Gasteiger partial charge in [-0.2, -0.15) is 0 Å². The van der Waals surface area contributed by atoms with Gasteiger partial charge in [-0.25, -0.2) is 4.79 Å². The summed E-state index contributed by atoms with van der Waals surface area (Å²) in [5.41, 5.74) is 6.17. The third kappa shape index (κ3) is 9.26. The molecule has 31 heavy (non-hydrogen) atoms. The number of aliphatic carboxylic acids is 2. The van der Waals surface area contributed by atoms with Gasteiger partial charge >= 0.3 is 11.9 Å². The molecular weight excluding hydrogens is 408 g/mol. The second-order valence-electron chi connectivity index (χ2n) is 7.10. The molecule has 3 amide bonds. The summed E-state index contributed by atoms with van der Waals surface area (Å²) in [5.74, 6) is -4.60. The number of hydrogen-bond donors (Lipinski definition) is 6. The number of carboxylic acids is 2. The Balaban J connectivity index is 2.95. The zero-order chi connectivity index (χ0) is 23.6. The first-order valence-electron chi connectivity index (χ1n) is 9.66. The van der Waals surface area contributed by atoms with E-state index in [4.69, 9.17) is 10.8 Å². The Morgan fingerprint density at radius 2 is 1.45 bits per heavy atom. The molecule has 0 aliphatic rings. The molecule has 7 N–H and O–H groups in total. The molecule has 11 nitrogen and oxygen atoms in total. The summed E-state index contributed by atoms with van der Waals surface area (Å²) in [7, 11) is 0. The second-order valence-corrected chi connectivity index (χ2v) is 7.10. The predicted octanol–water partition coefficient (Wildman–Crippen LogP) is -1.000. The summed E-state index contributed by atoms with van der Waals surface area (Å²) in [6.45, 7) is 2.87. The lowest BCUT2D eigenvalue weighted by Gasteiger charge is -2.23. The highest BCUT2D eigenvalue weighted by molar-refractivity contribution is 5.94. The van der Waals surface area contributed by atoms with Gasteiger partial charge in [-0.15, -0.1) is 0 Å². The predicted molar refractivity (Wildman–Crippen MR) is 110 cm³/mol. The van der Waals surface area contributed by atoms with Gasteiger partial charge in [0.15, 0.2) is 0 Å². The highest BCUT2D eigenvalue weighted by Gasteiger charge is 2.29. The lowest BCUT2D eigenvalue weighted by atomic mass is 10.0. The number of carbonyl (C=O) groups is 5. The van der Waals surface area contributed by atoms with E-state index in [0.717, 1.165) is 0 Å². The molecule has 4 unspecified atom stereocenters. The van der Waals surface area contributed by atoms with Crippen molar-refractivity contribution >= 4 is 29.7 Å². The Morgan fingerprint density at radius 1 is 0.871 bits per heavy atom. The third-order valence-electron chi connectivity index (χ3n) is 4.34. The van der Waals surface area contributed by atoms with Gasteiger partial charge < -0.3 is 31.9 Å². The van der Waals surface area contributed by atoms with Crippen LogP contribution in [0.2, 0.25) is 0 Å². The molecule has 1 rings (SSSR count). The van der Waals surface area contributed by atoms with Crippen LogP contribution in [-0.4, -0.2) is 64.0 Å². The molecular formula is C20H28N4O7. The van der Waals surface area contributed by atoms with Gasteiger partial charge in [-0.05, 0) is 25.8 Å². The smallest absolute Gasteiger partial charge is 0.326 e. The van der Waals surface area contributed by atoms with Crippen LogP contribution in [0.5, 0.6) is 0 Å². The van der Waals surface area contributed by atoms with E-state index in [1.54, 1.807) is 30.3 Å². The quantitative estimate of drug-likeness (QED) is 0.240. The molecule has 1 aromatic carbocycles. The van der Waals surface area contributed by atoms with E-state index in [0.29, 0.717) is 5.56 Å². The minimum atomic E-state index is -1.44. The number of nitrogens with two attached hydrogens (primary N) is 1. The molecule has 0 spiro atoms. The third-order valence-corrected chi connectivity index (χ3v) is 4.34. The molecule has 4 atom stereocenters. The van der Waals surface area contributed by atoms with Crippen molar-refractivity contribution in [2.75, 3.05) is 0 Å². The first-order valence-corrected chi connectivity index (χ1v) is 9.66. The van der Waals surface area contributed by atoms with E-state index in [-0.39, 0.29) is 12.8 Å². The Kier molecular flexibility index (Phi) is 10.1. The van der Waals surface area contributed by atoms with Gasteiger partial charge in [0, 0.05) is 12.8 Å². The van der Waals surface area contributed by atoms with Crippen molar-refractivity contribution in [3.05, 3.63) is 35.9 Å². The van der Waals surface area contributed by atoms with Crippen molar-refractivity contribution in [1.82, 2.24) is 16.0 Å². The molecule has 0 saturated heterocycles. The minimum absolute atomic E-state index is 0.0532. The summed E-state index contributed by atoms with van der Waals surface area (Å²) < 4.78 is 0. The van der Waals surface area contributed by atoms with E-state index >= 15 is 0 Å². The first-order chi connectivity index (χ1) is 14.5. The van der Waals surface area contributed by atoms with Crippen LogP contribution in [0.4, 0.5) is 0 Å². The maximum atomic E-state index is 12.8. The molecule has 0 heterocycles. The zero-order valence-electron chi connectivity index (χ0n) is 17.3. The Bertz CT molecular complexity index is 798. The van der Waals surface area contributed by atoms with Crippen LogP contribution < -0.4 is 21.7 Å². The first kappa shape index (κ1) is 25.6. The van der Waals surface area contributed by atoms with Crippen LogP contribution >= 0.6 is 0 Å². The number of carboxylic acid groups (broad SMARTS) is 2.